The van der Waals surface area contributed by atoms with Crippen LogP contribution in [0.4, 0.5) is 11.6 Å². The molecule has 1 saturated heterocycles. The summed E-state index contributed by atoms with van der Waals surface area (Å²) in [4.78, 5) is 0.119. The average Bonchev–Trinajstić information content (AvgIpc) is 2.75. The van der Waals surface area contributed by atoms with Crippen molar-refractivity contribution in [3.8, 4) is 0 Å². The fourth-order valence-electron chi connectivity index (χ4n) is 2.57. The van der Waals surface area contributed by atoms with E-state index in [0.29, 0.717) is 5.82 Å². The van der Waals surface area contributed by atoms with Crippen molar-refractivity contribution in [2.75, 3.05) is 30.4 Å². The Morgan fingerprint density at radius 3 is 2.81 bits per heavy atom. The average molecular weight is 315 g/mol. The zero-order valence-electron chi connectivity index (χ0n) is 12.9. The number of piperidine rings is 1. The Morgan fingerprint density at radius 2 is 2.29 bits per heavy atom. The summed E-state index contributed by atoms with van der Waals surface area (Å²) < 4.78 is 25.7. The van der Waals surface area contributed by atoms with E-state index in [9.17, 15) is 8.42 Å². The van der Waals surface area contributed by atoms with Gasteiger partial charge in [0, 0.05) is 18.8 Å². The van der Waals surface area contributed by atoms with Crippen molar-refractivity contribution in [1.29, 1.82) is 0 Å². The van der Waals surface area contributed by atoms with Crippen LogP contribution < -0.4 is 16.4 Å². The number of nitrogens with zero attached hydrogens (tertiary/aromatic N) is 2. The van der Waals surface area contributed by atoms with Crippen LogP contribution in [0, 0.1) is 0 Å². The van der Waals surface area contributed by atoms with Crippen LogP contribution in [0.3, 0.4) is 0 Å². The molecule has 0 bridgehead atoms. The number of aromatic nitrogens is 2. The topological polar surface area (TPSA) is 102 Å². The molecule has 0 aromatic carbocycles. The minimum Gasteiger partial charge on any atom is -0.383 e. The van der Waals surface area contributed by atoms with Crippen LogP contribution in [0.25, 0.3) is 0 Å². The van der Waals surface area contributed by atoms with Crippen LogP contribution in [0.2, 0.25) is 0 Å². The van der Waals surface area contributed by atoms with Crippen LogP contribution in [-0.2, 0) is 9.84 Å². The molecule has 120 valence electrons. The second-order valence-corrected chi connectivity index (χ2v) is 7.68. The number of nitrogen functional groups attached to an aromatic ring is 1. The Hall–Kier alpha value is -1.28. The Morgan fingerprint density at radius 1 is 1.57 bits per heavy atom. The minimum atomic E-state index is -3.43. The third kappa shape index (κ3) is 3.49. The highest BCUT2D eigenvalue weighted by Crippen LogP contribution is 2.31. The number of nitrogens with two attached hydrogens (primary N) is 1. The summed E-state index contributed by atoms with van der Waals surface area (Å²) in [7, 11) is -3.43. The van der Waals surface area contributed by atoms with Crippen molar-refractivity contribution < 1.29 is 8.42 Å². The maximum absolute atomic E-state index is 12.1. The van der Waals surface area contributed by atoms with Gasteiger partial charge >= 0.3 is 0 Å². The standard InChI is InChI=1S/C13H25N5O2S/c1-4-9(2)18-12(14)11(21(3,19)20)13(17-18)16-10-6-5-7-15-8-10/h9-10,15H,4-8,14H2,1-3H3,(H,16,17). The second-order valence-electron chi connectivity index (χ2n) is 5.72. The van der Waals surface area contributed by atoms with Crippen LogP contribution >= 0.6 is 0 Å². The molecule has 2 unspecified atom stereocenters. The van der Waals surface area contributed by atoms with Gasteiger partial charge in [-0.05, 0) is 32.7 Å². The highest BCUT2D eigenvalue weighted by atomic mass is 32.2. The van der Waals surface area contributed by atoms with E-state index in [0.717, 1.165) is 32.4 Å². The highest BCUT2D eigenvalue weighted by Gasteiger charge is 2.27. The molecular weight excluding hydrogens is 290 g/mol. The molecule has 1 fully saturated rings. The summed E-state index contributed by atoms with van der Waals surface area (Å²) >= 11 is 0. The lowest BCUT2D eigenvalue weighted by atomic mass is 10.1. The summed E-state index contributed by atoms with van der Waals surface area (Å²) in [5.41, 5.74) is 6.04. The molecule has 7 nitrogen and oxygen atoms in total. The van der Waals surface area contributed by atoms with Gasteiger partial charge in [0.2, 0.25) is 0 Å². The largest absolute Gasteiger partial charge is 0.383 e. The van der Waals surface area contributed by atoms with Gasteiger partial charge in [-0.25, -0.2) is 13.1 Å². The molecule has 1 aromatic heterocycles. The zero-order valence-corrected chi connectivity index (χ0v) is 13.7. The van der Waals surface area contributed by atoms with Gasteiger partial charge in [-0.1, -0.05) is 6.92 Å². The first-order chi connectivity index (χ1) is 9.84. The predicted octanol–water partition coefficient (Wildman–Crippen LogP) is 1.00. The Kier molecular flexibility index (Phi) is 4.77. The van der Waals surface area contributed by atoms with E-state index >= 15 is 0 Å². The fraction of sp³-hybridized carbons (Fsp3) is 0.769. The van der Waals surface area contributed by atoms with E-state index in [-0.39, 0.29) is 22.8 Å². The molecule has 2 atom stereocenters. The number of anilines is 2. The van der Waals surface area contributed by atoms with Crippen LogP contribution in [-0.4, -0.2) is 43.6 Å². The van der Waals surface area contributed by atoms with Crippen molar-refractivity contribution in [2.24, 2.45) is 0 Å². The summed E-state index contributed by atoms with van der Waals surface area (Å²) in [6, 6.07) is 0.240. The smallest absolute Gasteiger partial charge is 0.182 e. The Labute approximate surface area is 126 Å². The van der Waals surface area contributed by atoms with E-state index in [4.69, 9.17) is 5.73 Å². The molecule has 1 aliphatic heterocycles. The van der Waals surface area contributed by atoms with Gasteiger partial charge in [-0.2, -0.15) is 5.10 Å². The number of rotatable bonds is 5. The number of nitrogens with one attached hydrogen (secondary N) is 2. The Balaban J connectivity index is 2.38. The highest BCUT2D eigenvalue weighted by molar-refractivity contribution is 7.91. The number of hydrogen-bond acceptors (Lipinski definition) is 6. The third-order valence-corrected chi connectivity index (χ3v) is 5.06. The lowest BCUT2D eigenvalue weighted by molar-refractivity contribution is 0.470. The first kappa shape index (κ1) is 16.1. The van der Waals surface area contributed by atoms with Crippen molar-refractivity contribution in [3.05, 3.63) is 0 Å². The first-order valence-corrected chi connectivity index (χ1v) is 9.29. The maximum atomic E-state index is 12.1. The molecule has 1 aromatic rings. The van der Waals surface area contributed by atoms with Gasteiger partial charge in [0.05, 0.1) is 6.04 Å². The van der Waals surface area contributed by atoms with E-state index in [1.54, 1.807) is 4.68 Å². The Bertz CT molecular complexity index is 590. The molecule has 4 N–H and O–H groups in total. The predicted molar refractivity (Wildman–Crippen MR) is 84.3 cm³/mol. The number of sulfone groups is 1. The summed E-state index contributed by atoms with van der Waals surface area (Å²) in [5.74, 6) is 0.599. The van der Waals surface area contributed by atoms with Gasteiger partial charge in [-0.15, -0.1) is 0 Å². The maximum Gasteiger partial charge on any atom is 0.182 e. The second kappa shape index (κ2) is 6.23. The molecule has 0 radical (unpaired) electrons. The summed E-state index contributed by atoms with van der Waals surface area (Å²) in [5, 5.41) is 10.9. The molecule has 21 heavy (non-hydrogen) atoms. The monoisotopic (exact) mass is 315 g/mol. The van der Waals surface area contributed by atoms with Gasteiger partial charge in [-0.3, -0.25) is 0 Å². The van der Waals surface area contributed by atoms with Crippen molar-refractivity contribution in [2.45, 2.75) is 50.1 Å². The normalized spacial score (nSPS) is 21.2. The van der Waals surface area contributed by atoms with E-state index < -0.39 is 9.84 Å². The lowest BCUT2D eigenvalue weighted by Gasteiger charge is -2.24. The molecule has 0 saturated carbocycles. The van der Waals surface area contributed by atoms with Gasteiger partial charge < -0.3 is 16.4 Å². The summed E-state index contributed by atoms with van der Waals surface area (Å²) in [6.45, 7) is 5.80. The molecule has 2 heterocycles. The van der Waals surface area contributed by atoms with E-state index in [2.05, 4.69) is 15.7 Å². The molecule has 8 heteroatoms. The zero-order chi connectivity index (χ0) is 15.6. The lowest BCUT2D eigenvalue weighted by Crippen LogP contribution is -2.38. The molecule has 0 aliphatic carbocycles. The molecule has 1 aliphatic rings. The van der Waals surface area contributed by atoms with Crippen molar-refractivity contribution in [3.63, 3.8) is 0 Å². The minimum absolute atomic E-state index is 0.0607. The van der Waals surface area contributed by atoms with Gasteiger partial charge in [0.15, 0.2) is 20.6 Å². The molecule has 0 amide bonds. The fourth-order valence-corrected chi connectivity index (χ4v) is 3.49. The van der Waals surface area contributed by atoms with Crippen LogP contribution in [0.15, 0.2) is 4.90 Å². The molecule has 2 rings (SSSR count). The summed E-state index contributed by atoms with van der Waals surface area (Å²) in [6.07, 6.45) is 4.06. The van der Waals surface area contributed by atoms with Gasteiger partial charge in [0.25, 0.3) is 0 Å². The van der Waals surface area contributed by atoms with Crippen molar-refractivity contribution >= 4 is 21.5 Å². The van der Waals surface area contributed by atoms with E-state index in [1.807, 2.05) is 13.8 Å². The van der Waals surface area contributed by atoms with Crippen molar-refractivity contribution in [1.82, 2.24) is 15.1 Å². The quantitative estimate of drug-likeness (QED) is 0.749. The SMILES string of the molecule is CCC(C)n1nc(NC2CCCNC2)c(S(C)(=O)=O)c1N. The van der Waals surface area contributed by atoms with Gasteiger partial charge in [0.1, 0.15) is 5.82 Å². The molecular formula is C13H25N5O2S. The number of hydrogen-bond donors (Lipinski definition) is 3. The third-order valence-electron chi connectivity index (χ3n) is 3.92. The molecule has 0 spiro atoms. The van der Waals surface area contributed by atoms with E-state index in [1.165, 1.54) is 6.26 Å². The first-order valence-electron chi connectivity index (χ1n) is 7.39. The van der Waals surface area contributed by atoms with Crippen LogP contribution in [0.5, 0.6) is 0 Å². The van der Waals surface area contributed by atoms with Crippen LogP contribution in [0.1, 0.15) is 39.2 Å².